The molecule has 1 atom stereocenters. The lowest BCUT2D eigenvalue weighted by Gasteiger charge is -2.65. The molecule has 0 saturated carbocycles. The van der Waals surface area contributed by atoms with Gasteiger partial charge < -0.3 is 57.7 Å². The number of hydrogen-bond donors (Lipinski definition) is 8. The predicted octanol–water partition coefficient (Wildman–Crippen LogP) is 20.6. The zero-order valence-corrected chi connectivity index (χ0v) is 92.2. The minimum absolute atomic E-state index is 0.0465. The minimum Gasteiger partial charge on any atom is -0.464 e. The highest BCUT2D eigenvalue weighted by atomic mass is 17.2. The largest absolute Gasteiger partial charge is 0.464 e. The summed E-state index contributed by atoms with van der Waals surface area (Å²) in [5.74, 6) is 3.81. The van der Waals surface area contributed by atoms with Crippen molar-refractivity contribution in [1.29, 1.82) is 0 Å². The van der Waals surface area contributed by atoms with Crippen molar-refractivity contribution in [2.24, 2.45) is 28.7 Å². The molecule has 8 aliphatic heterocycles. The molecule has 22 heteroatoms. The number of quaternary nitrogens is 1. The standard InChI is InChI=1S/C37H72N8.C28H57N4.C16H31NO5.2C11H23N.2CH5N/c1-27-38-30(41-37(13,14)26-32(2,3)4)40-31(39-27)45(29-24-35(9,10)43-36(11,12)25-29)21-19-17-16-18-20-44(15)28-22-33(5,6)42-34(7,8)23-28;1-11-17-31(23-19-24(2,3)29-25(4,5)20-23)32(10)18-15-13-12-14-16-28(32)21-26(6,7)30-27(8,9)22-28;1-15(2)11-13(18)12-16(3,4)17(15)8-10-21-14(19)7-6-9-22-20-5;2*1-9-7-10(2,3)12(6)11(4,5)8-9;2*1-2/h28-29,42-43H,16-26H2,1-15H3,(H,38,39,40,41);23,29-30H,11-22H2,1-10H3;13,18H,6-12H2,1-5H3;2*9H,7-8H2,1-6H3;2*2H2,1H3/q;+1;;;;;. The number of nitrogens with one attached hydrogen (secondary N) is 5. The lowest BCUT2D eigenvalue weighted by molar-refractivity contribution is -1.07. The zero-order chi connectivity index (χ0) is 98.1. The molecule has 1 aromatic rings. The van der Waals surface area contributed by atoms with Crippen LogP contribution in [0.15, 0.2) is 0 Å². The first-order valence-electron chi connectivity index (χ1n) is 50.8. The lowest BCUT2D eigenvalue weighted by atomic mass is 9.66. The van der Waals surface area contributed by atoms with Gasteiger partial charge >= 0.3 is 5.97 Å². The second-order valence-corrected chi connectivity index (χ2v) is 52.4. The molecule has 0 bridgehead atoms. The average Bonchev–Trinajstić information content (AvgIpc) is 0.713. The number of carbonyl (C=O) groups excluding carboxylic acids is 1. The van der Waals surface area contributed by atoms with E-state index in [1.165, 1.54) is 163 Å². The normalized spacial score (nSPS) is 26.1. The first-order chi connectivity index (χ1) is 57.6. The van der Waals surface area contributed by atoms with Crippen molar-refractivity contribution in [3.63, 3.8) is 0 Å². The van der Waals surface area contributed by atoms with Gasteiger partial charge in [0, 0.05) is 140 Å². The number of piperidine rings is 7. The summed E-state index contributed by atoms with van der Waals surface area (Å²) in [5, 5.41) is 32.4. The molecule has 0 radical (unpaired) electrons. The minimum atomic E-state index is -0.274. The van der Waals surface area contributed by atoms with Crippen LogP contribution in [0.5, 0.6) is 0 Å². The van der Waals surface area contributed by atoms with Crippen LogP contribution in [0.1, 0.15) is 428 Å². The van der Waals surface area contributed by atoms with Crippen molar-refractivity contribution in [3.05, 3.63) is 5.82 Å². The number of aryl methyl sites for hydroxylation is 1. The topological polar surface area (TPSA) is 235 Å². The highest BCUT2D eigenvalue weighted by Crippen LogP contribution is 2.51. The smallest absolute Gasteiger partial charge is 0.305 e. The molecule has 1 aromatic heterocycles. The van der Waals surface area contributed by atoms with Crippen molar-refractivity contribution in [2.75, 3.05) is 106 Å². The van der Waals surface area contributed by atoms with Crippen LogP contribution in [0.25, 0.3) is 0 Å². The molecule has 9 heterocycles. The number of nitrogens with zero attached hydrogens (tertiary/aromatic N) is 10. The summed E-state index contributed by atoms with van der Waals surface area (Å²) in [6, 6.07) is 1.64. The molecular weight excluding hydrogens is 1580 g/mol. The van der Waals surface area contributed by atoms with E-state index in [1.807, 2.05) is 6.92 Å². The number of likely N-dealkylation sites (tertiary alicyclic amines) is 4. The Bertz CT molecular complexity index is 3210. The fourth-order valence-electron chi connectivity index (χ4n) is 27.1. The molecule has 750 valence electrons. The summed E-state index contributed by atoms with van der Waals surface area (Å²) in [7, 11) is 13.9. The van der Waals surface area contributed by atoms with Crippen LogP contribution in [-0.4, -0.2) is 263 Å². The van der Waals surface area contributed by atoms with E-state index in [2.05, 4.69) is 350 Å². The number of ether oxygens (including phenoxy) is 1. The Kier molecular flexibility index (Phi) is 43.9. The third-order valence-corrected chi connectivity index (χ3v) is 29.6. The maximum atomic E-state index is 11.6. The Balaban J connectivity index is 0.000000440. The van der Waals surface area contributed by atoms with Crippen molar-refractivity contribution in [3.8, 4) is 0 Å². The zero-order valence-electron chi connectivity index (χ0n) is 92.2. The number of aliphatic hydroxyl groups excluding tert-OH is 1. The maximum Gasteiger partial charge on any atom is 0.305 e. The highest BCUT2D eigenvalue weighted by molar-refractivity contribution is 5.69. The average molecular weight is 1800 g/mol. The molecule has 9 rings (SSSR count). The molecule has 8 aliphatic rings. The summed E-state index contributed by atoms with van der Waals surface area (Å²) < 4.78 is 6.46. The number of anilines is 2. The molecule has 8 fully saturated rings. The third-order valence-electron chi connectivity index (χ3n) is 29.6. The first-order valence-corrected chi connectivity index (χ1v) is 50.8. The number of rotatable bonds is 25. The van der Waals surface area contributed by atoms with Gasteiger partial charge in [0.15, 0.2) is 0 Å². The predicted molar refractivity (Wildman–Crippen MR) is 544 cm³/mol. The van der Waals surface area contributed by atoms with E-state index in [0.29, 0.717) is 84.4 Å². The van der Waals surface area contributed by atoms with Crippen LogP contribution in [0.4, 0.5) is 11.9 Å². The summed E-state index contributed by atoms with van der Waals surface area (Å²) in [6.07, 6.45) is 31.1. The summed E-state index contributed by atoms with van der Waals surface area (Å²) >= 11 is 0. The van der Waals surface area contributed by atoms with E-state index in [1.54, 1.807) is 0 Å². The maximum absolute atomic E-state index is 11.6. The van der Waals surface area contributed by atoms with Gasteiger partial charge in [-0.15, -0.1) is 0 Å². The van der Waals surface area contributed by atoms with Gasteiger partial charge in [-0.25, -0.2) is 14.4 Å². The second-order valence-electron chi connectivity index (χ2n) is 52.4. The molecule has 22 nitrogen and oxygen atoms in total. The van der Waals surface area contributed by atoms with Gasteiger partial charge in [0.2, 0.25) is 11.9 Å². The molecule has 10 N–H and O–H groups in total. The van der Waals surface area contributed by atoms with Crippen LogP contribution < -0.4 is 43.0 Å². The molecule has 1 spiro atoms. The van der Waals surface area contributed by atoms with Gasteiger partial charge in [0.1, 0.15) is 18.0 Å². The fraction of sp³-hybridized carbons (Fsp3) is 0.962. The van der Waals surface area contributed by atoms with Gasteiger partial charge in [-0.1, -0.05) is 60.8 Å². The molecule has 0 aromatic carbocycles. The second kappa shape index (κ2) is 47.0. The van der Waals surface area contributed by atoms with Gasteiger partial charge in [0.25, 0.3) is 0 Å². The van der Waals surface area contributed by atoms with E-state index in [-0.39, 0.29) is 78.4 Å². The third kappa shape index (κ3) is 38.2. The van der Waals surface area contributed by atoms with Gasteiger partial charge in [-0.3, -0.25) is 19.5 Å². The van der Waals surface area contributed by atoms with E-state index < -0.39 is 0 Å². The lowest BCUT2D eigenvalue weighted by Crippen LogP contribution is -2.79. The molecule has 0 amide bonds. The summed E-state index contributed by atoms with van der Waals surface area (Å²) in [5.41, 5.74) is 11.8. The number of aliphatic hydroxyl groups is 1. The van der Waals surface area contributed by atoms with Crippen molar-refractivity contribution in [1.82, 2.24) is 60.8 Å². The highest BCUT2D eigenvalue weighted by Gasteiger charge is 2.61. The van der Waals surface area contributed by atoms with Crippen LogP contribution in [0.2, 0.25) is 0 Å². The fourth-order valence-corrected chi connectivity index (χ4v) is 27.1. The van der Waals surface area contributed by atoms with Crippen molar-refractivity contribution >= 4 is 17.9 Å². The summed E-state index contributed by atoms with van der Waals surface area (Å²) in [4.78, 5) is 48.1. The number of aromatic nitrogens is 3. The van der Waals surface area contributed by atoms with Crippen LogP contribution >= 0.6 is 0 Å². The first kappa shape index (κ1) is 119. The van der Waals surface area contributed by atoms with Gasteiger partial charge in [0.05, 0.1) is 39.5 Å². The number of nitrogens with two attached hydrogens (primary N) is 2. The molecule has 0 aliphatic carbocycles. The van der Waals surface area contributed by atoms with Gasteiger partial charge in [-0.2, -0.15) is 20.0 Å². The quantitative estimate of drug-likeness (QED) is 0.0149. The van der Waals surface area contributed by atoms with Crippen molar-refractivity contribution in [2.45, 2.75) is 542 Å². The van der Waals surface area contributed by atoms with Gasteiger partial charge in [-0.05, 0) is 402 Å². The monoisotopic (exact) mass is 1800 g/mol. The summed E-state index contributed by atoms with van der Waals surface area (Å²) in [6.45, 7) is 92.2. The molecular formula is C105H216N17O5+. The van der Waals surface area contributed by atoms with E-state index in [9.17, 15) is 9.90 Å². The Morgan fingerprint density at radius 1 is 0.520 bits per heavy atom. The number of esters is 1. The number of carbonyl (C=O) groups is 1. The Morgan fingerprint density at radius 3 is 1.34 bits per heavy atom. The van der Waals surface area contributed by atoms with Crippen molar-refractivity contribution < 1.29 is 29.0 Å². The Morgan fingerprint density at radius 2 is 0.921 bits per heavy atom. The van der Waals surface area contributed by atoms with Crippen LogP contribution in [0, 0.1) is 24.2 Å². The molecule has 127 heavy (non-hydrogen) atoms. The van der Waals surface area contributed by atoms with Crippen LogP contribution in [0.3, 0.4) is 0 Å². The Hall–Kier alpha value is -2.52. The van der Waals surface area contributed by atoms with E-state index in [4.69, 9.17) is 24.6 Å². The molecule has 8 saturated heterocycles. The number of hydrogen-bond acceptors (Lipinski definition) is 21. The SMILES string of the molecule is CC1CC(C)(C)N(C)C(C)(C)C1.CC1CC(C)(C)N(C)C(C)(C)C1.CCCN(C1CC(C)(C)NC(C)(C)C1)[N+]1(C)CCCCCCC12CC(C)(C)NC(C)(C)C2.CN.CN.COOCCCC(=O)OCCN1C(C)(C)CC(O)CC1(C)C.Cc1nc(NC(C)(C)CC(C)(C)C)nc(N(CCCCCCN(C)C2CC(C)(C)NC(C)(C)C2)C2CC(C)(C)NC(C)(C)C2)n1. The number of unbranched alkanes of at least 4 members (excludes halogenated alkanes) is 3. The molecule has 1 unspecified atom stereocenters. The van der Waals surface area contributed by atoms with E-state index in [0.717, 1.165) is 73.3 Å². The van der Waals surface area contributed by atoms with E-state index >= 15 is 0 Å². The van der Waals surface area contributed by atoms with Crippen LogP contribution in [-0.2, 0) is 19.3 Å². The Labute approximate surface area is 785 Å².